The van der Waals surface area contributed by atoms with Crippen LogP contribution >= 0.6 is 11.3 Å². The van der Waals surface area contributed by atoms with Crippen LogP contribution in [0.1, 0.15) is 59.3 Å². The van der Waals surface area contributed by atoms with Crippen molar-refractivity contribution >= 4 is 29.0 Å². The lowest BCUT2D eigenvalue weighted by Crippen LogP contribution is -2.21. The van der Waals surface area contributed by atoms with Crippen molar-refractivity contribution in [3.63, 3.8) is 0 Å². The topological polar surface area (TPSA) is 91.8 Å². The molecule has 3 N–H and O–H groups in total. The summed E-state index contributed by atoms with van der Waals surface area (Å²) < 4.78 is 2.08. The van der Waals surface area contributed by atoms with E-state index in [0.717, 1.165) is 41.2 Å². The zero-order valence-corrected chi connectivity index (χ0v) is 18.3. The number of hydrogen-bond acceptors (Lipinski definition) is 4. The Morgan fingerprint density at radius 3 is 2.97 bits per heavy atom. The zero-order chi connectivity index (χ0) is 21.2. The second-order valence-corrected chi connectivity index (χ2v) is 9.51. The number of rotatable bonds is 7. The van der Waals surface area contributed by atoms with E-state index >= 15 is 0 Å². The van der Waals surface area contributed by atoms with Crippen LogP contribution in [0.2, 0.25) is 0 Å². The molecule has 2 aliphatic rings. The van der Waals surface area contributed by atoms with Gasteiger partial charge in [0.2, 0.25) is 5.91 Å². The average Bonchev–Trinajstić information content (AvgIpc) is 3.57. The summed E-state index contributed by atoms with van der Waals surface area (Å²) in [6.07, 6.45) is 9.28. The van der Waals surface area contributed by atoms with Gasteiger partial charge in [0.15, 0.2) is 5.82 Å². The van der Waals surface area contributed by atoms with E-state index < -0.39 is 0 Å². The predicted octanol–water partition coefficient (Wildman–Crippen LogP) is 4.33. The summed E-state index contributed by atoms with van der Waals surface area (Å²) >= 11 is 1.63. The molecule has 7 nitrogen and oxygen atoms in total. The second-order valence-electron chi connectivity index (χ2n) is 8.48. The van der Waals surface area contributed by atoms with E-state index in [1.165, 1.54) is 25.7 Å². The molecular formula is C23H27N5O2S. The number of H-pyrrole nitrogens is 1. The van der Waals surface area contributed by atoms with E-state index in [-0.39, 0.29) is 11.8 Å². The van der Waals surface area contributed by atoms with Crippen LogP contribution in [0, 0.1) is 5.92 Å². The molecule has 0 bridgehead atoms. The number of anilines is 1. The first kappa shape index (κ1) is 20.1. The van der Waals surface area contributed by atoms with Crippen LogP contribution in [0.15, 0.2) is 29.8 Å². The smallest absolute Gasteiger partial charge is 0.253 e. The molecule has 0 atom stereocenters. The molecule has 0 spiro atoms. The Kier molecular flexibility index (Phi) is 5.63. The second kappa shape index (κ2) is 8.70. The summed E-state index contributed by atoms with van der Waals surface area (Å²) in [6, 6.07) is 5.88. The Morgan fingerprint density at radius 1 is 1.29 bits per heavy atom. The minimum atomic E-state index is -0.0863. The highest BCUT2D eigenvalue weighted by Gasteiger charge is 2.25. The number of fused-ring (bicyclic) bond motifs is 3. The van der Waals surface area contributed by atoms with Gasteiger partial charge in [-0.2, -0.15) is 5.10 Å². The first-order valence-corrected chi connectivity index (χ1v) is 11.9. The van der Waals surface area contributed by atoms with Gasteiger partial charge in [0.1, 0.15) is 0 Å². The van der Waals surface area contributed by atoms with E-state index in [1.807, 2.05) is 29.8 Å². The number of carbonyl (C=O) groups is 2. The van der Waals surface area contributed by atoms with Gasteiger partial charge in [-0.1, -0.05) is 31.7 Å². The Morgan fingerprint density at radius 2 is 2.16 bits per heavy atom. The van der Waals surface area contributed by atoms with Gasteiger partial charge in [-0.05, 0) is 36.3 Å². The SMILES string of the molecule is O=C(CCC1CCCC1)Nc1n[nH]c2c1CCn1cc(C(=O)NCc3cccs3)cc1-2. The monoisotopic (exact) mass is 437 g/mol. The fourth-order valence-electron chi connectivity index (χ4n) is 4.70. The molecule has 3 aromatic heterocycles. The van der Waals surface area contributed by atoms with Gasteiger partial charge in [0, 0.05) is 29.6 Å². The molecule has 1 aliphatic carbocycles. The molecule has 0 saturated heterocycles. The van der Waals surface area contributed by atoms with Gasteiger partial charge >= 0.3 is 0 Å². The van der Waals surface area contributed by atoms with Crippen LogP contribution < -0.4 is 10.6 Å². The fraction of sp³-hybridized carbons (Fsp3) is 0.435. The molecule has 2 amide bonds. The molecule has 1 aliphatic heterocycles. The maximum absolute atomic E-state index is 12.6. The third-order valence-electron chi connectivity index (χ3n) is 6.40. The minimum absolute atomic E-state index is 0.0378. The van der Waals surface area contributed by atoms with Crippen LogP contribution in [0.5, 0.6) is 0 Å². The summed E-state index contributed by atoms with van der Waals surface area (Å²) in [7, 11) is 0. The number of hydrogen-bond donors (Lipinski definition) is 3. The highest BCUT2D eigenvalue weighted by Crippen LogP contribution is 2.34. The normalized spacial score (nSPS) is 15.5. The van der Waals surface area contributed by atoms with E-state index in [9.17, 15) is 9.59 Å². The van der Waals surface area contributed by atoms with Gasteiger partial charge < -0.3 is 15.2 Å². The van der Waals surface area contributed by atoms with Gasteiger partial charge in [-0.15, -0.1) is 11.3 Å². The Hall–Kier alpha value is -2.87. The summed E-state index contributed by atoms with van der Waals surface area (Å²) in [5.74, 6) is 1.28. The number of nitrogens with one attached hydrogen (secondary N) is 3. The average molecular weight is 438 g/mol. The molecule has 5 rings (SSSR count). The van der Waals surface area contributed by atoms with Gasteiger partial charge in [0.05, 0.1) is 23.5 Å². The Labute approximate surface area is 185 Å². The lowest BCUT2D eigenvalue weighted by atomic mass is 10.0. The minimum Gasteiger partial charge on any atom is -0.347 e. The quantitative estimate of drug-likeness (QED) is 0.514. The maximum Gasteiger partial charge on any atom is 0.253 e. The molecule has 8 heteroatoms. The van der Waals surface area contributed by atoms with Crippen LogP contribution in [-0.4, -0.2) is 26.6 Å². The van der Waals surface area contributed by atoms with Gasteiger partial charge in [0.25, 0.3) is 5.91 Å². The number of thiophene rings is 1. The largest absolute Gasteiger partial charge is 0.347 e. The fourth-order valence-corrected chi connectivity index (χ4v) is 5.34. The molecule has 4 heterocycles. The lowest BCUT2D eigenvalue weighted by molar-refractivity contribution is -0.116. The highest BCUT2D eigenvalue weighted by molar-refractivity contribution is 7.09. The predicted molar refractivity (Wildman–Crippen MR) is 121 cm³/mol. The van der Waals surface area contributed by atoms with Crippen LogP contribution in [-0.2, 0) is 24.3 Å². The van der Waals surface area contributed by atoms with Crippen molar-refractivity contribution in [3.8, 4) is 11.4 Å². The van der Waals surface area contributed by atoms with Crippen molar-refractivity contribution in [3.05, 3.63) is 45.8 Å². The molecule has 3 aromatic rings. The van der Waals surface area contributed by atoms with Crippen molar-refractivity contribution in [2.45, 2.75) is 58.0 Å². The van der Waals surface area contributed by atoms with Crippen LogP contribution in [0.4, 0.5) is 5.82 Å². The van der Waals surface area contributed by atoms with E-state index in [1.54, 1.807) is 11.3 Å². The zero-order valence-electron chi connectivity index (χ0n) is 17.4. The Bertz CT molecular complexity index is 1080. The molecular weight excluding hydrogens is 410 g/mol. The lowest BCUT2D eigenvalue weighted by Gasteiger charge is -2.16. The first-order chi connectivity index (χ1) is 15.2. The van der Waals surface area contributed by atoms with Crippen LogP contribution in [0.25, 0.3) is 11.4 Å². The van der Waals surface area contributed by atoms with Crippen molar-refractivity contribution in [1.29, 1.82) is 0 Å². The van der Waals surface area contributed by atoms with Crippen molar-refractivity contribution in [1.82, 2.24) is 20.1 Å². The number of aryl methyl sites for hydroxylation is 1. The third-order valence-corrected chi connectivity index (χ3v) is 7.28. The molecule has 0 radical (unpaired) electrons. The summed E-state index contributed by atoms with van der Waals surface area (Å²) in [5.41, 5.74) is 3.47. The molecule has 1 saturated carbocycles. The van der Waals surface area contributed by atoms with Crippen molar-refractivity contribution in [2.75, 3.05) is 5.32 Å². The standard InChI is InChI=1S/C23H27N5O2S/c29-20(8-7-15-4-1-2-5-15)25-22-18-9-10-28-14-16(12-19(28)21(18)26-27-22)23(30)24-13-17-6-3-11-31-17/h3,6,11-12,14-15H,1-2,4-5,7-10,13H2,(H,24,30)(H2,25,26,27,29). The van der Waals surface area contributed by atoms with Crippen molar-refractivity contribution in [2.24, 2.45) is 5.92 Å². The highest BCUT2D eigenvalue weighted by atomic mass is 32.1. The van der Waals surface area contributed by atoms with Crippen molar-refractivity contribution < 1.29 is 9.59 Å². The van der Waals surface area contributed by atoms with E-state index in [2.05, 4.69) is 25.4 Å². The first-order valence-electron chi connectivity index (χ1n) is 11.1. The van der Waals surface area contributed by atoms with E-state index in [0.29, 0.717) is 30.3 Å². The third kappa shape index (κ3) is 4.30. The van der Waals surface area contributed by atoms with Gasteiger partial charge in [-0.25, -0.2) is 0 Å². The van der Waals surface area contributed by atoms with E-state index in [4.69, 9.17) is 0 Å². The number of nitrogens with zero attached hydrogens (tertiary/aromatic N) is 2. The van der Waals surface area contributed by atoms with Crippen LogP contribution in [0.3, 0.4) is 0 Å². The molecule has 0 unspecified atom stereocenters. The number of amides is 2. The Balaban J connectivity index is 1.25. The number of aromatic nitrogens is 3. The maximum atomic E-state index is 12.6. The number of aromatic amines is 1. The summed E-state index contributed by atoms with van der Waals surface area (Å²) in [5, 5.41) is 15.4. The van der Waals surface area contributed by atoms with Gasteiger partial charge in [-0.3, -0.25) is 14.7 Å². The molecule has 162 valence electrons. The molecule has 1 fully saturated rings. The molecule has 31 heavy (non-hydrogen) atoms. The molecule has 0 aromatic carbocycles. The summed E-state index contributed by atoms with van der Waals surface area (Å²) in [4.78, 5) is 26.2. The summed E-state index contributed by atoms with van der Waals surface area (Å²) in [6.45, 7) is 1.29. The number of carbonyl (C=O) groups excluding carboxylic acids is 2.